The van der Waals surface area contributed by atoms with E-state index in [0.717, 1.165) is 12.8 Å². The Kier molecular flexibility index (Phi) is 11.1. The van der Waals surface area contributed by atoms with Gasteiger partial charge in [0.1, 0.15) is 0 Å². The van der Waals surface area contributed by atoms with E-state index in [2.05, 4.69) is 30.8 Å². The highest BCUT2D eigenvalue weighted by Crippen LogP contribution is 2.22. The summed E-state index contributed by atoms with van der Waals surface area (Å²) in [6.45, 7) is 7.88. The van der Waals surface area contributed by atoms with E-state index in [-0.39, 0.29) is 0 Å². The first-order valence-electron chi connectivity index (χ1n) is 7.17. The summed E-state index contributed by atoms with van der Waals surface area (Å²) in [7, 11) is 0. The highest BCUT2D eigenvalue weighted by Gasteiger charge is 2.10. The van der Waals surface area contributed by atoms with Gasteiger partial charge in [0.15, 0.2) is 0 Å². The molecule has 4 nitrogen and oxygen atoms in total. The average Bonchev–Trinajstić information content (AvgIpc) is 2.37. The van der Waals surface area contributed by atoms with Crippen LogP contribution in [0.3, 0.4) is 0 Å². The molecule has 0 aromatic carbocycles. The second-order valence-corrected chi connectivity index (χ2v) is 5.65. The summed E-state index contributed by atoms with van der Waals surface area (Å²) in [6, 6.07) is 0. The van der Waals surface area contributed by atoms with Crippen molar-refractivity contribution in [3.8, 4) is 0 Å². The zero-order valence-corrected chi connectivity index (χ0v) is 12.4. The molecular formula is C15H26N2O2. The Balaban J connectivity index is 3.69. The van der Waals surface area contributed by atoms with Crippen molar-refractivity contribution in [3.63, 3.8) is 0 Å². The first kappa shape index (κ1) is 17.8. The summed E-state index contributed by atoms with van der Waals surface area (Å²) in [4.78, 5) is 27.1. The molecule has 19 heavy (non-hydrogen) atoms. The standard InChI is InChI=1S/C15H26N2O2/c1-13(6-8-16-11-18)4-5-14(2)10-15(3)7-9-17-12-19/h13-15H,4-10H2,1-3H3. The van der Waals surface area contributed by atoms with Crippen molar-refractivity contribution >= 4 is 12.2 Å². The molecule has 3 atom stereocenters. The van der Waals surface area contributed by atoms with E-state index in [1.54, 1.807) is 12.2 Å². The molecule has 0 aliphatic carbocycles. The van der Waals surface area contributed by atoms with Crippen molar-refractivity contribution in [2.45, 2.75) is 52.9 Å². The average molecular weight is 266 g/mol. The fourth-order valence-electron chi connectivity index (χ4n) is 2.30. The lowest BCUT2D eigenvalue weighted by Crippen LogP contribution is -2.07. The minimum Gasteiger partial charge on any atom is -0.211 e. The SMILES string of the molecule is CC(CCN=C=O)CCC(C)CC(C)CCN=C=O. The van der Waals surface area contributed by atoms with E-state index in [1.165, 1.54) is 19.3 Å². The molecule has 0 aromatic heterocycles. The Morgan fingerprint density at radius 1 is 0.737 bits per heavy atom. The predicted octanol–water partition coefficient (Wildman–Crippen LogP) is 3.52. The lowest BCUT2D eigenvalue weighted by atomic mass is 9.88. The molecule has 0 aromatic rings. The van der Waals surface area contributed by atoms with Crippen LogP contribution < -0.4 is 0 Å². The molecule has 0 spiro atoms. The smallest absolute Gasteiger partial charge is 0.211 e. The molecule has 0 bridgehead atoms. The number of aliphatic imine (C=N–C) groups is 2. The number of hydrogen-bond acceptors (Lipinski definition) is 4. The van der Waals surface area contributed by atoms with Gasteiger partial charge in [0.05, 0.1) is 13.1 Å². The van der Waals surface area contributed by atoms with E-state index in [1.807, 2.05) is 0 Å². The van der Waals surface area contributed by atoms with Gasteiger partial charge in [0.2, 0.25) is 12.2 Å². The van der Waals surface area contributed by atoms with Crippen LogP contribution in [0.4, 0.5) is 0 Å². The second kappa shape index (κ2) is 11.8. The van der Waals surface area contributed by atoms with Gasteiger partial charge < -0.3 is 0 Å². The highest BCUT2D eigenvalue weighted by molar-refractivity contribution is 5.32. The number of rotatable bonds is 11. The first-order chi connectivity index (χ1) is 9.10. The normalized spacial score (nSPS) is 14.9. The number of carbonyl (C=O) groups excluding carboxylic acids is 2. The van der Waals surface area contributed by atoms with Gasteiger partial charge in [0, 0.05) is 0 Å². The lowest BCUT2D eigenvalue weighted by molar-refractivity contribution is 0.346. The van der Waals surface area contributed by atoms with Gasteiger partial charge in [-0.25, -0.2) is 19.6 Å². The summed E-state index contributed by atoms with van der Waals surface area (Å²) < 4.78 is 0. The van der Waals surface area contributed by atoms with Crippen LogP contribution in [-0.2, 0) is 9.59 Å². The Morgan fingerprint density at radius 2 is 1.16 bits per heavy atom. The van der Waals surface area contributed by atoms with Gasteiger partial charge in [-0.15, -0.1) is 0 Å². The number of isocyanates is 2. The van der Waals surface area contributed by atoms with Crippen LogP contribution >= 0.6 is 0 Å². The van der Waals surface area contributed by atoms with E-state index in [4.69, 9.17) is 0 Å². The number of hydrogen-bond donors (Lipinski definition) is 0. The van der Waals surface area contributed by atoms with Gasteiger partial charge in [-0.1, -0.05) is 33.6 Å². The third kappa shape index (κ3) is 11.6. The summed E-state index contributed by atoms with van der Waals surface area (Å²) in [5, 5.41) is 0. The van der Waals surface area contributed by atoms with Crippen molar-refractivity contribution < 1.29 is 9.59 Å². The molecule has 0 aliphatic heterocycles. The van der Waals surface area contributed by atoms with Crippen molar-refractivity contribution in [1.82, 2.24) is 0 Å². The first-order valence-corrected chi connectivity index (χ1v) is 7.17. The summed E-state index contributed by atoms with van der Waals surface area (Å²) in [5.74, 6) is 1.89. The van der Waals surface area contributed by atoms with Crippen molar-refractivity contribution in [1.29, 1.82) is 0 Å². The molecule has 0 rings (SSSR count). The van der Waals surface area contributed by atoms with Crippen LogP contribution in [0, 0.1) is 17.8 Å². The second-order valence-electron chi connectivity index (χ2n) is 5.65. The molecule has 4 heteroatoms. The van der Waals surface area contributed by atoms with E-state index in [9.17, 15) is 9.59 Å². The molecular weight excluding hydrogens is 240 g/mol. The zero-order chi connectivity index (χ0) is 14.5. The van der Waals surface area contributed by atoms with Crippen LogP contribution in [0.5, 0.6) is 0 Å². The molecule has 3 unspecified atom stereocenters. The number of nitrogens with zero attached hydrogens (tertiary/aromatic N) is 2. The molecule has 108 valence electrons. The Hall–Kier alpha value is -1.24. The van der Waals surface area contributed by atoms with Crippen LogP contribution in [0.1, 0.15) is 52.9 Å². The molecule has 0 aliphatic rings. The molecule has 0 saturated heterocycles. The lowest BCUT2D eigenvalue weighted by Gasteiger charge is -2.18. The highest BCUT2D eigenvalue weighted by atomic mass is 16.1. The minimum atomic E-state index is 0.595. The zero-order valence-electron chi connectivity index (χ0n) is 12.4. The predicted molar refractivity (Wildman–Crippen MR) is 76.6 cm³/mol. The van der Waals surface area contributed by atoms with E-state index in [0.29, 0.717) is 30.8 Å². The van der Waals surface area contributed by atoms with Crippen LogP contribution in [0.25, 0.3) is 0 Å². The van der Waals surface area contributed by atoms with Crippen LogP contribution in [0.2, 0.25) is 0 Å². The maximum absolute atomic E-state index is 9.97. The molecule has 0 saturated carbocycles. The van der Waals surface area contributed by atoms with E-state index < -0.39 is 0 Å². The van der Waals surface area contributed by atoms with Crippen molar-refractivity contribution in [3.05, 3.63) is 0 Å². The molecule has 0 radical (unpaired) electrons. The monoisotopic (exact) mass is 266 g/mol. The third-order valence-electron chi connectivity index (χ3n) is 3.55. The maximum atomic E-state index is 9.97. The molecule has 0 fully saturated rings. The van der Waals surface area contributed by atoms with Gasteiger partial charge >= 0.3 is 0 Å². The van der Waals surface area contributed by atoms with Gasteiger partial charge in [-0.2, -0.15) is 0 Å². The Labute approximate surface area is 116 Å². The summed E-state index contributed by atoms with van der Waals surface area (Å²) >= 11 is 0. The molecule has 0 amide bonds. The fourth-order valence-corrected chi connectivity index (χ4v) is 2.30. The summed E-state index contributed by atoms with van der Waals surface area (Å²) in [6.07, 6.45) is 8.63. The maximum Gasteiger partial charge on any atom is 0.234 e. The fraction of sp³-hybridized carbons (Fsp3) is 0.867. The van der Waals surface area contributed by atoms with Crippen molar-refractivity contribution in [2.24, 2.45) is 27.7 Å². The topological polar surface area (TPSA) is 58.9 Å². The largest absolute Gasteiger partial charge is 0.234 e. The van der Waals surface area contributed by atoms with Crippen molar-refractivity contribution in [2.75, 3.05) is 13.1 Å². The summed E-state index contributed by atoms with van der Waals surface area (Å²) in [5.41, 5.74) is 0. The van der Waals surface area contributed by atoms with Gasteiger partial charge in [-0.3, -0.25) is 0 Å². The molecule has 0 heterocycles. The Bertz CT molecular complexity index is 318. The molecule has 0 N–H and O–H groups in total. The Morgan fingerprint density at radius 3 is 1.68 bits per heavy atom. The third-order valence-corrected chi connectivity index (χ3v) is 3.55. The van der Waals surface area contributed by atoms with Crippen LogP contribution in [0.15, 0.2) is 9.98 Å². The van der Waals surface area contributed by atoms with Gasteiger partial charge in [0.25, 0.3) is 0 Å². The van der Waals surface area contributed by atoms with Gasteiger partial charge in [-0.05, 0) is 37.0 Å². The minimum absolute atomic E-state index is 0.595. The van der Waals surface area contributed by atoms with Crippen LogP contribution in [-0.4, -0.2) is 25.2 Å². The quantitative estimate of drug-likeness (QED) is 0.424. The van der Waals surface area contributed by atoms with E-state index >= 15 is 0 Å².